The highest BCUT2D eigenvalue weighted by Gasteiger charge is 2.23. The monoisotopic (exact) mass is 461 g/mol. The quantitative estimate of drug-likeness (QED) is 0.448. The van der Waals surface area contributed by atoms with Crippen molar-refractivity contribution in [2.24, 2.45) is 5.92 Å². The van der Waals surface area contributed by atoms with Gasteiger partial charge in [-0.25, -0.2) is 4.98 Å². The predicted octanol–water partition coefficient (Wildman–Crippen LogP) is 4.97. The first-order valence-corrected chi connectivity index (χ1v) is 12.2. The van der Waals surface area contributed by atoms with Gasteiger partial charge in [0, 0.05) is 17.3 Å². The molecule has 7 nitrogen and oxygen atoms in total. The van der Waals surface area contributed by atoms with Crippen LogP contribution >= 0.6 is 11.3 Å². The lowest BCUT2D eigenvalue weighted by Gasteiger charge is -2.29. The highest BCUT2D eigenvalue weighted by Crippen LogP contribution is 2.26. The largest absolute Gasteiger partial charge is 0.349 e. The molecule has 2 N–H and O–H groups in total. The Hall–Kier alpha value is -3.26. The molecule has 2 aromatic carbocycles. The predicted molar refractivity (Wildman–Crippen MR) is 133 cm³/mol. The Balaban J connectivity index is 1.46. The molecular formula is C25H27N5O2S. The number of anilines is 2. The van der Waals surface area contributed by atoms with Gasteiger partial charge in [0.15, 0.2) is 0 Å². The molecule has 0 spiro atoms. The lowest BCUT2D eigenvalue weighted by molar-refractivity contribution is 0.0910. The normalized spacial score (nSPS) is 18.5. The number of benzene rings is 2. The zero-order chi connectivity index (χ0) is 23.1. The van der Waals surface area contributed by atoms with Crippen molar-refractivity contribution in [1.82, 2.24) is 19.9 Å². The zero-order valence-electron chi connectivity index (χ0n) is 19.0. The van der Waals surface area contributed by atoms with E-state index in [4.69, 9.17) is 0 Å². The number of carbonyl (C=O) groups is 1. The summed E-state index contributed by atoms with van der Waals surface area (Å²) in [5.41, 5.74) is 3.96. The van der Waals surface area contributed by atoms with Crippen molar-refractivity contribution in [2.45, 2.75) is 52.5 Å². The Morgan fingerprint density at radius 1 is 1.12 bits per heavy atom. The number of fused-ring (bicyclic) bond motifs is 2. The molecule has 33 heavy (non-hydrogen) atoms. The average molecular weight is 462 g/mol. The summed E-state index contributed by atoms with van der Waals surface area (Å²) in [6.07, 6.45) is 4.52. The van der Waals surface area contributed by atoms with Crippen LogP contribution in [0.25, 0.3) is 15.9 Å². The number of nitrogens with zero attached hydrogens (tertiary/aromatic N) is 3. The maximum Gasteiger partial charge on any atom is 0.283 e. The van der Waals surface area contributed by atoms with Gasteiger partial charge in [-0.15, -0.1) is 5.10 Å². The Morgan fingerprint density at radius 2 is 1.94 bits per heavy atom. The minimum atomic E-state index is -0.242. The molecule has 170 valence electrons. The maximum absolute atomic E-state index is 13.1. The fraction of sp³-hybridized carbons (Fsp3) is 0.360. The Bertz CT molecular complexity index is 1420. The summed E-state index contributed by atoms with van der Waals surface area (Å²) in [5.74, 6) is 0.366. The van der Waals surface area contributed by atoms with E-state index in [1.54, 1.807) is 18.2 Å². The van der Waals surface area contributed by atoms with E-state index >= 15 is 0 Å². The van der Waals surface area contributed by atoms with Crippen LogP contribution in [-0.2, 0) is 0 Å². The molecule has 0 radical (unpaired) electrons. The second kappa shape index (κ2) is 8.59. The summed E-state index contributed by atoms with van der Waals surface area (Å²) in [6.45, 7) is 6.25. The van der Waals surface area contributed by atoms with Gasteiger partial charge in [-0.1, -0.05) is 43.2 Å². The second-order valence-electron chi connectivity index (χ2n) is 9.04. The highest BCUT2D eigenvalue weighted by atomic mass is 32.1. The summed E-state index contributed by atoms with van der Waals surface area (Å²) in [6, 6.07) is 11.4. The van der Waals surface area contributed by atoms with Crippen LogP contribution in [0.2, 0.25) is 0 Å². The molecule has 8 heteroatoms. The van der Waals surface area contributed by atoms with Crippen molar-refractivity contribution in [2.75, 3.05) is 5.32 Å². The van der Waals surface area contributed by atoms with E-state index in [0.717, 1.165) is 36.1 Å². The van der Waals surface area contributed by atoms with Crippen molar-refractivity contribution in [3.63, 3.8) is 0 Å². The minimum Gasteiger partial charge on any atom is -0.349 e. The minimum absolute atomic E-state index is 0.112. The molecule has 1 aliphatic rings. The van der Waals surface area contributed by atoms with Crippen LogP contribution in [0.3, 0.4) is 0 Å². The van der Waals surface area contributed by atoms with E-state index in [1.165, 1.54) is 22.3 Å². The molecule has 0 saturated heterocycles. The van der Waals surface area contributed by atoms with Crippen LogP contribution < -0.4 is 16.2 Å². The standard InChI is InChI=1S/C25H27N5O2S/c1-14-8-9-16(3)20(12-14)27-24-29-30-23(32)18-11-10-17(13-21(18)28-25(30)33-24)22(31)26-19-7-5-4-6-15(19)2/h8-13,15,19H,4-7H2,1-3H3,(H,26,31)(H,27,29). The molecule has 2 aromatic heterocycles. The summed E-state index contributed by atoms with van der Waals surface area (Å²) < 4.78 is 1.32. The number of nitrogens with one attached hydrogen (secondary N) is 2. The van der Waals surface area contributed by atoms with Crippen molar-refractivity contribution < 1.29 is 4.79 Å². The molecule has 0 aliphatic heterocycles. The molecular weight excluding hydrogens is 434 g/mol. The number of hydrogen-bond donors (Lipinski definition) is 2. The Kier molecular flexibility index (Phi) is 5.62. The lowest BCUT2D eigenvalue weighted by atomic mass is 9.86. The van der Waals surface area contributed by atoms with Crippen LogP contribution in [0.1, 0.15) is 54.1 Å². The van der Waals surface area contributed by atoms with E-state index in [2.05, 4.69) is 33.7 Å². The van der Waals surface area contributed by atoms with Crippen molar-refractivity contribution in [3.8, 4) is 0 Å². The zero-order valence-corrected chi connectivity index (χ0v) is 19.8. The number of amides is 1. The molecule has 2 atom stereocenters. The SMILES string of the molecule is Cc1ccc(C)c(Nc2nn3c(=O)c4ccc(C(=O)NC5CCCCC5C)cc4nc3s2)c1. The maximum atomic E-state index is 13.1. The summed E-state index contributed by atoms with van der Waals surface area (Å²) >= 11 is 1.31. The molecule has 2 unspecified atom stereocenters. The number of rotatable bonds is 4. The second-order valence-corrected chi connectivity index (χ2v) is 9.99. The van der Waals surface area contributed by atoms with Crippen LogP contribution in [0.5, 0.6) is 0 Å². The summed E-state index contributed by atoms with van der Waals surface area (Å²) in [5, 5.41) is 12.0. The van der Waals surface area contributed by atoms with Crippen LogP contribution in [0, 0.1) is 19.8 Å². The van der Waals surface area contributed by atoms with Gasteiger partial charge in [0.1, 0.15) is 0 Å². The van der Waals surface area contributed by atoms with Gasteiger partial charge in [0.25, 0.3) is 11.5 Å². The third-order valence-corrected chi connectivity index (χ3v) is 7.35. The topological polar surface area (TPSA) is 88.4 Å². The summed E-state index contributed by atoms with van der Waals surface area (Å²) in [7, 11) is 0. The summed E-state index contributed by atoms with van der Waals surface area (Å²) in [4.78, 5) is 31.1. The molecule has 5 rings (SSSR count). The fourth-order valence-electron chi connectivity index (χ4n) is 4.47. The first-order chi connectivity index (χ1) is 15.9. The molecule has 1 fully saturated rings. The van der Waals surface area contributed by atoms with Gasteiger partial charge in [-0.3, -0.25) is 9.59 Å². The molecule has 1 aliphatic carbocycles. The van der Waals surface area contributed by atoms with E-state index in [0.29, 0.717) is 32.5 Å². The van der Waals surface area contributed by atoms with Crippen molar-refractivity contribution in [1.29, 1.82) is 0 Å². The molecule has 0 bridgehead atoms. The van der Waals surface area contributed by atoms with Gasteiger partial charge in [0.05, 0.1) is 10.9 Å². The third-order valence-electron chi connectivity index (χ3n) is 6.52. The van der Waals surface area contributed by atoms with E-state index in [1.807, 2.05) is 26.0 Å². The van der Waals surface area contributed by atoms with Gasteiger partial charge in [-0.05, 0) is 68.0 Å². The lowest BCUT2D eigenvalue weighted by Crippen LogP contribution is -2.41. The Morgan fingerprint density at radius 3 is 2.76 bits per heavy atom. The van der Waals surface area contributed by atoms with Crippen molar-refractivity contribution in [3.05, 3.63) is 63.4 Å². The smallest absolute Gasteiger partial charge is 0.283 e. The number of carbonyl (C=O) groups excluding carboxylic acids is 1. The molecule has 1 saturated carbocycles. The van der Waals surface area contributed by atoms with Crippen LogP contribution in [-0.4, -0.2) is 26.5 Å². The molecule has 1 amide bonds. The van der Waals surface area contributed by atoms with Gasteiger partial charge >= 0.3 is 0 Å². The fourth-order valence-corrected chi connectivity index (χ4v) is 5.28. The first kappa shape index (κ1) is 21.6. The third kappa shape index (κ3) is 4.23. The van der Waals surface area contributed by atoms with Crippen LogP contribution in [0.4, 0.5) is 10.8 Å². The van der Waals surface area contributed by atoms with Gasteiger partial charge in [-0.2, -0.15) is 4.52 Å². The van der Waals surface area contributed by atoms with Crippen LogP contribution in [0.15, 0.2) is 41.2 Å². The number of hydrogen-bond acceptors (Lipinski definition) is 6. The molecule has 2 heterocycles. The van der Waals surface area contributed by atoms with E-state index in [9.17, 15) is 9.59 Å². The average Bonchev–Trinajstić information content (AvgIpc) is 3.20. The van der Waals surface area contributed by atoms with Crippen molar-refractivity contribution >= 4 is 43.9 Å². The number of aryl methyl sites for hydroxylation is 2. The van der Waals surface area contributed by atoms with Gasteiger partial charge in [0.2, 0.25) is 10.1 Å². The van der Waals surface area contributed by atoms with E-state index < -0.39 is 0 Å². The Labute approximate surface area is 195 Å². The van der Waals surface area contributed by atoms with Gasteiger partial charge < -0.3 is 10.6 Å². The molecule has 4 aromatic rings. The highest BCUT2D eigenvalue weighted by molar-refractivity contribution is 7.20. The van der Waals surface area contributed by atoms with E-state index in [-0.39, 0.29) is 17.5 Å². The number of aromatic nitrogens is 3. The first-order valence-electron chi connectivity index (χ1n) is 11.4.